The van der Waals surface area contributed by atoms with Crippen molar-refractivity contribution in [1.29, 1.82) is 5.26 Å². The SMILES string of the molecule is CC(C)C[C@H]1NC(=O)CN(S(=O)(=O)c2ccc(C#N)cc2)CCCOc2cccc(c2)-c2nccn2CCNC1=O. The number of fused-ring (bicyclic) bond motifs is 4. The molecule has 2 N–H and O–H groups in total. The molecule has 0 saturated carbocycles. The normalized spacial score (nSPS) is 17.8. The number of carbonyl (C=O) groups is 2. The smallest absolute Gasteiger partial charge is 0.243 e. The van der Waals surface area contributed by atoms with Crippen molar-refractivity contribution in [1.82, 2.24) is 24.5 Å². The zero-order chi connectivity index (χ0) is 29.4. The topological polar surface area (TPSA) is 146 Å². The van der Waals surface area contributed by atoms with Gasteiger partial charge in [0.25, 0.3) is 0 Å². The molecule has 1 aliphatic rings. The molecule has 12 heteroatoms. The van der Waals surface area contributed by atoms with Crippen LogP contribution < -0.4 is 15.4 Å². The van der Waals surface area contributed by atoms with Gasteiger partial charge in [-0.1, -0.05) is 26.0 Å². The molecular formula is C29H34N6O5S. The summed E-state index contributed by atoms with van der Waals surface area (Å²) in [6, 6.07) is 14.1. The Kier molecular flexibility index (Phi) is 9.75. The number of amides is 2. The average molecular weight is 579 g/mol. The van der Waals surface area contributed by atoms with Crippen molar-refractivity contribution in [2.75, 3.05) is 26.2 Å². The number of sulfonamides is 1. The van der Waals surface area contributed by atoms with Gasteiger partial charge in [0.15, 0.2) is 0 Å². The Morgan fingerprint density at radius 3 is 2.66 bits per heavy atom. The van der Waals surface area contributed by atoms with Crippen LogP contribution in [0.15, 0.2) is 65.8 Å². The molecule has 0 unspecified atom stereocenters. The highest BCUT2D eigenvalue weighted by Gasteiger charge is 2.29. The van der Waals surface area contributed by atoms with E-state index in [2.05, 4.69) is 15.6 Å². The number of carbonyl (C=O) groups excluding carboxylic acids is 2. The molecule has 3 aromatic rings. The Hall–Kier alpha value is -4.21. The number of nitrogens with one attached hydrogen (secondary N) is 2. The first kappa shape index (κ1) is 29.8. The van der Waals surface area contributed by atoms with E-state index in [0.29, 0.717) is 37.2 Å². The van der Waals surface area contributed by atoms with E-state index in [1.54, 1.807) is 6.20 Å². The first-order chi connectivity index (χ1) is 19.7. The molecule has 2 aromatic carbocycles. The highest BCUT2D eigenvalue weighted by Crippen LogP contribution is 2.23. The van der Waals surface area contributed by atoms with E-state index >= 15 is 0 Å². The maximum atomic E-state index is 13.5. The highest BCUT2D eigenvalue weighted by atomic mass is 32.2. The Bertz CT molecular complexity index is 1510. The van der Waals surface area contributed by atoms with Crippen LogP contribution in [0, 0.1) is 17.2 Å². The van der Waals surface area contributed by atoms with Crippen LogP contribution in [0.3, 0.4) is 0 Å². The van der Waals surface area contributed by atoms with Gasteiger partial charge < -0.3 is 19.9 Å². The quantitative estimate of drug-likeness (QED) is 0.484. The van der Waals surface area contributed by atoms with Crippen molar-refractivity contribution in [2.45, 2.75) is 44.2 Å². The van der Waals surface area contributed by atoms with Crippen LogP contribution in [0.5, 0.6) is 5.75 Å². The van der Waals surface area contributed by atoms with Gasteiger partial charge in [0, 0.05) is 37.6 Å². The van der Waals surface area contributed by atoms with Gasteiger partial charge in [0.05, 0.1) is 29.7 Å². The van der Waals surface area contributed by atoms with Crippen LogP contribution >= 0.6 is 0 Å². The molecule has 11 nitrogen and oxygen atoms in total. The summed E-state index contributed by atoms with van der Waals surface area (Å²) in [6.45, 7) is 4.39. The van der Waals surface area contributed by atoms with Crippen molar-refractivity contribution in [2.24, 2.45) is 5.92 Å². The minimum absolute atomic E-state index is 0.000888. The number of benzene rings is 2. The number of ether oxygens (including phenoxy) is 1. The third-order valence-electron chi connectivity index (χ3n) is 6.58. The number of hydrogen-bond acceptors (Lipinski definition) is 7. The summed E-state index contributed by atoms with van der Waals surface area (Å²) in [5.74, 6) is 0.494. The van der Waals surface area contributed by atoms with Gasteiger partial charge in [-0.05, 0) is 55.2 Å². The molecule has 2 amide bonds. The standard InChI is InChI=1S/C29H34N6O5S/c1-21(2)17-26-29(37)32-12-15-34-14-11-31-28(34)23-5-3-6-24(18-23)40-16-4-13-35(20-27(36)33-26)41(38,39)25-9-7-22(19-30)8-10-25/h3,5-11,14,18,21,26H,4,12-13,15-17,20H2,1-2H3,(H,32,37)(H,33,36)/t26-/m1/s1. The van der Waals surface area contributed by atoms with E-state index in [1.807, 2.05) is 54.9 Å². The number of rotatable bonds is 4. The Morgan fingerprint density at radius 2 is 1.93 bits per heavy atom. The monoisotopic (exact) mass is 578 g/mol. The average Bonchev–Trinajstić information content (AvgIpc) is 3.42. The van der Waals surface area contributed by atoms with Crippen molar-refractivity contribution in [3.8, 4) is 23.2 Å². The lowest BCUT2D eigenvalue weighted by Gasteiger charge is -2.25. The maximum Gasteiger partial charge on any atom is 0.243 e. The molecule has 0 aliphatic carbocycles. The summed E-state index contributed by atoms with van der Waals surface area (Å²) in [5.41, 5.74) is 1.16. The molecule has 1 aromatic heterocycles. The van der Waals surface area contributed by atoms with Crippen molar-refractivity contribution < 1.29 is 22.7 Å². The molecule has 0 spiro atoms. The van der Waals surface area contributed by atoms with Crippen LogP contribution in [-0.2, 0) is 26.2 Å². The number of nitriles is 1. The van der Waals surface area contributed by atoms with Gasteiger partial charge in [0.2, 0.25) is 21.8 Å². The van der Waals surface area contributed by atoms with E-state index in [-0.39, 0.29) is 29.9 Å². The Labute approximate surface area is 240 Å². The molecule has 0 saturated heterocycles. The van der Waals surface area contributed by atoms with E-state index < -0.39 is 28.5 Å². The molecular weight excluding hydrogens is 544 g/mol. The van der Waals surface area contributed by atoms with Crippen LogP contribution in [-0.4, -0.2) is 66.4 Å². The fourth-order valence-electron chi connectivity index (χ4n) is 4.57. The second-order valence-corrected chi connectivity index (χ2v) is 12.1. The second kappa shape index (κ2) is 13.4. The first-order valence-electron chi connectivity index (χ1n) is 13.5. The molecule has 0 radical (unpaired) electrons. The van der Waals surface area contributed by atoms with Crippen molar-refractivity contribution in [3.05, 3.63) is 66.5 Å². The molecule has 4 rings (SSSR count). The molecule has 41 heavy (non-hydrogen) atoms. The largest absolute Gasteiger partial charge is 0.494 e. The lowest BCUT2D eigenvalue weighted by Crippen LogP contribution is -2.51. The molecule has 2 heterocycles. The Balaban J connectivity index is 1.63. The van der Waals surface area contributed by atoms with Gasteiger partial charge in [0.1, 0.15) is 17.6 Å². The minimum Gasteiger partial charge on any atom is -0.494 e. The third-order valence-corrected chi connectivity index (χ3v) is 8.44. The number of aromatic nitrogens is 2. The van der Waals surface area contributed by atoms with Gasteiger partial charge in [-0.25, -0.2) is 13.4 Å². The van der Waals surface area contributed by atoms with E-state index in [4.69, 9.17) is 10.00 Å². The summed E-state index contributed by atoms with van der Waals surface area (Å²) in [5, 5.41) is 14.7. The summed E-state index contributed by atoms with van der Waals surface area (Å²) in [7, 11) is -4.09. The molecule has 1 aliphatic heterocycles. The van der Waals surface area contributed by atoms with Crippen LogP contribution in [0.4, 0.5) is 0 Å². The first-order valence-corrected chi connectivity index (χ1v) is 14.9. The fraction of sp³-hybridized carbons (Fsp3) is 0.379. The van der Waals surface area contributed by atoms with Crippen LogP contribution in [0.25, 0.3) is 11.4 Å². The van der Waals surface area contributed by atoms with Gasteiger partial charge in [-0.2, -0.15) is 9.57 Å². The second-order valence-electron chi connectivity index (χ2n) is 10.2. The predicted molar refractivity (Wildman–Crippen MR) is 152 cm³/mol. The van der Waals surface area contributed by atoms with E-state index in [1.165, 1.54) is 24.3 Å². The Morgan fingerprint density at radius 1 is 1.15 bits per heavy atom. The van der Waals surface area contributed by atoms with Crippen molar-refractivity contribution >= 4 is 21.8 Å². The van der Waals surface area contributed by atoms with Crippen LogP contribution in [0.2, 0.25) is 0 Å². The van der Waals surface area contributed by atoms with E-state index in [0.717, 1.165) is 15.7 Å². The van der Waals surface area contributed by atoms with Gasteiger partial charge in [-0.15, -0.1) is 0 Å². The summed E-state index contributed by atoms with van der Waals surface area (Å²) in [4.78, 5) is 30.7. The zero-order valence-corrected chi connectivity index (χ0v) is 23.9. The minimum atomic E-state index is -4.09. The van der Waals surface area contributed by atoms with Gasteiger partial charge in [-0.3, -0.25) is 9.59 Å². The van der Waals surface area contributed by atoms with E-state index in [9.17, 15) is 18.0 Å². The lowest BCUT2D eigenvalue weighted by atomic mass is 10.0. The molecule has 216 valence electrons. The predicted octanol–water partition coefficient (Wildman–Crippen LogP) is 2.54. The van der Waals surface area contributed by atoms with Crippen LogP contribution in [0.1, 0.15) is 32.3 Å². The summed E-state index contributed by atoms with van der Waals surface area (Å²) < 4.78 is 36.0. The summed E-state index contributed by atoms with van der Waals surface area (Å²) in [6.07, 6.45) is 4.22. The zero-order valence-electron chi connectivity index (χ0n) is 23.1. The lowest BCUT2D eigenvalue weighted by molar-refractivity contribution is -0.129. The molecule has 2 bridgehead atoms. The van der Waals surface area contributed by atoms with Crippen molar-refractivity contribution in [3.63, 3.8) is 0 Å². The highest BCUT2D eigenvalue weighted by molar-refractivity contribution is 7.89. The number of nitrogens with zero attached hydrogens (tertiary/aromatic N) is 4. The summed E-state index contributed by atoms with van der Waals surface area (Å²) >= 11 is 0. The maximum absolute atomic E-state index is 13.5. The van der Waals surface area contributed by atoms with Gasteiger partial charge >= 0.3 is 0 Å². The molecule has 0 fully saturated rings. The fourth-order valence-corrected chi connectivity index (χ4v) is 6.00. The molecule has 1 atom stereocenters. The number of imidazole rings is 1. The number of hydrogen-bond donors (Lipinski definition) is 2. The third kappa shape index (κ3) is 7.71.